The number of anilines is 1. The van der Waals surface area contributed by atoms with Crippen molar-refractivity contribution in [1.29, 1.82) is 0 Å². The first-order valence-electron chi connectivity index (χ1n) is 9.99. The molecule has 0 saturated carbocycles. The van der Waals surface area contributed by atoms with E-state index in [1.807, 2.05) is 36.6 Å². The van der Waals surface area contributed by atoms with Crippen molar-refractivity contribution in [3.05, 3.63) is 82.0 Å². The average molecular weight is 472 g/mol. The largest absolute Gasteiger partial charge is 0.332 e. The standard InChI is InChI=1S/C23H25N3O4S2/c1-17-5-9-19(10-6-17)25-22(27)16-26(2)23(28)18-7-11-21(12-8-18)32(29,30)24-14-13-20-4-3-15-31-20/h3-12,15,24H,13-14,16H2,1-2H3,(H,25,27). The molecule has 2 aromatic carbocycles. The molecule has 0 spiro atoms. The van der Waals surface area contributed by atoms with Crippen molar-refractivity contribution in [2.75, 3.05) is 25.5 Å². The zero-order chi connectivity index (χ0) is 23.1. The third-order valence-electron chi connectivity index (χ3n) is 4.72. The number of nitrogens with zero attached hydrogens (tertiary/aromatic N) is 1. The van der Waals surface area contributed by atoms with Crippen LogP contribution >= 0.6 is 11.3 Å². The summed E-state index contributed by atoms with van der Waals surface area (Å²) < 4.78 is 27.5. The van der Waals surface area contributed by atoms with Gasteiger partial charge in [0.05, 0.1) is 11.4 Å². The van der Waals surface area contributed by atoms with Gasteiger partial charge in [-0.25, -0.2) is 13.1 Å². The summed E-state index contributed by atoms with van der Waals surface area (Å²) in [5.41, 5.74) is 2.04. The third-order valence-corrected chi connectivity index (χ3v) is 7.13. The van der Waals surface area contributed by atoms with Crippen LogP contribution in [0.1, 0.15) is 20.8 Å². The van der Waals surface area contributed by atoms with Gasteiger partial charge in [0.2, 0.25) is 15.9 Å². The highest BCUT2D eigenvalue weighted by Crippen LogP contribution is 2.14. The molecule has 3 aromatic rings. The number of nitrogens with one attached hydrogen (secondary N) is 2. The molecule has 0 fully saturated rings. The highest BCUT2D eigenvalue weighted by Gasteiger charge is 2.18. The fourth-order valence-electron chi connectivity index (χ4n) is 2.97. The molecule has 0 aliphatic heterocycles. The third kappa shape index (κ3) is 6.49. The topological polar surface area (TPSA) is 95.6 Å². The van der Waals surface area contributed by atoms with Gasteiger partial charge in [0.15, 0.2) is 0 Å². The molecule has 0 saturated heterocycles. The van der Waals surface area contributed by atoms with E-state index < -0.39 is 10.0 Å². The molecule has 168 valence electrons. The first kappa shape index (κ1) is 23.6. The molecular formula is C23H25N3O4S2. The Morgan fingerprint density at radius 2 is 1.69 bits per heavy atom. The second kappa shape index (κ2) is 10.5. The second-order valence-corrected chi connectivity index (χ2v) is 10.1. The zero-order valence-corrected chi connectivity index (χ0v) is 19.5. The lowest BCUT2D eigenvalue weighted by molar-refractivity contribution is -0.116. The minimum atomic E-state index is -3.67. The van der Waals surface area contributed by atoms with E-state index in [-0.39, 0.29) is 23.3 Å². The van der Waals surface area contributed by atoms with Crippen molar-refractivity contribution < 1.29 is 18.0 Å². The summed E-state index contributed by atoms with van der Waals surface area (Å²) in [6.45, 7) is 2.12. The number of hydrogen-bond donors (Lipinski definition) is 2. The van der Waals surface area contributed by atoms with Crippen molar-refractivity contribution >= 4 is 38.9 Å². The Hall–Kier alpha value is -3.01. The first-order chi connectivity index (χ1) is 15.2. The van der Waals surface area contributed by atoms with Crippen LogP contribution in [0.4, 0.5) is 5.69 Å². The number of amides is 2. The van der Waals surface area contributed by atoms with Gasteiger partial charge in [-0.15, -0.1) is 11.3 Å². The molecule has 0 bridgehead atoms. The number of carbonyl (C=O) groups excluding carboxylic acids is 2. The number of rotatable bonds is 9. The summed E-state index contributed by atoms with van der Waals surface area (Å²) in [6.07, 6.45) is 0.614. The van der Waals surface area contributed by atoms with Crippen LogP contribution in [-0.4, -0.2) is 45.3 Å². The molecule has 2 amide bonds. The Kier molecular flexibility index (Phi) is 7.79. The van der Waals surface area contributed by atoms with Crippen LogP contribution in [0, 0.1) is 6.92 Å². The Balaban J connectivity index is 1.54. The molecule has 9 heteroatoms. The van der Waals surface area contributed by atoms with E-state index in [1.165, 1.54) is 36.2 Å². The van der Waals surface area contributed by atoms with Gasteiger partial charge >= 0.3 is 0 Å². The van der Waals surface area contributed by atoms with E-state index in [9.17, 15) is 18.0 Å². The van der Waals surface area contributed by atoms with Gasteiger partial charge in [0.1, 0.15) is 0 Å². The van der Waals surface area contributed by atoms with Crippen molar-refractivity contribution in [3.8, 4) is 0 Å². The highest BCUT2D eigenvalue weighted by molar-refractivity contribution is 7.89. The number of aryl methyl sites for hydroxylation is 1. The van der Waals surface area contributed by atoms with Crippen LogP contribution in [-0.2, 0) is 21.2 Å². The SMILES string of the molecule is Cc1ccc(NC(=O)CN(C)C(=O)c2ccc(S(=O)(=O)NCCc3cccs3)cc2)cc1. The minimum Gasteiger partial charge on any atom is -0.332 e. The van der Waals surface area contributed by atoms with Crippen LogP contribution in [0.25, 0.3) is 0 Å². The summed E-state index contributed by atoms with van der Waals surface area (Å²) in [7, 11) is -2.15. The first-order valence-corrected chi connectivity index (χ1v) is 12.3. The van der Waals surface area contributed by atoms with Gasteiger partial charge in [0.25, 0.3) is 5.91 Å². The minimum absolute atomic E-state index is 0.0833. The van der Waals surface area contributed by atoms with Crippen LogP contribution in [0.5, 0.6) is 0 Å². The van der Waals surface area contributed by atoms with Crippen LogP contribution in [0.3, 0.4) is 0 Å². The molecule has 2 N–H and O–H groups in total. The molecule has 0 aliphatic carbocycles. The van der Waals surface area contributed by atoms with Crippen LogP contribution in [0.15, 0.2) is 70.9 Å². The van der Waals surface area contributed by atoms with Gasteiger partial charge in [-0.2, -0.15) is 0 Å². The van der Waals surface area contributed by atoms with E-state index in [4.69, 9.17) is 0 Å². The summed E-state index contributed by atoms with van der Waals surface area (Å²) in [5.74, 6) is -0.697. The molecule has 1 heterocycles. The maximum Gasteiger partial charge on any atom is 0.254 e. The fourth-order valence-corrected chi connectivity index (χ4v) is 4.71. The van der Waals surface area contributed by atoms with Crippen molar-refractivity contribution in [3.63, 3.8) is 0 Å². The van der Waals surface area contributed by atoms with E-state index in [0.717, 1.165) is 10.4 Å². The van der Waals surface area contributed by atoms with Gasteiger partial charge in [0, 0.05) is 29.7 Å². The molecule has 7 nitrogen and oxygen atoms in total. The molecule has 0 aliphatic rings. The maximum atomic E-state index is 12.6. The van der Waals surface area contributed by atoms with Crippen LogP contribution in [0.2, 0.25) is 0 Å². The summed E-state index contributed by atoms with van der Waals surface area (Å²) >= 11 is 1.58. The molecule has 0 radical (unpaired) electrons. The predicted octanol–water partition coefficient (Wildman–Crippen LogP) is 3.29. The number of thiophene rings is 1. The average Bonchev–Trinajstić information content (AvgIpc) is 3.28. The molecule has 0 atom stereocenters. The monoisotopic (exact) mass is 471 g/mol. The number of likely N-dealkylation sites (N-methyl/N-ethyl adjacent to an activating group) is 1. The normalized spacial score (nSPS) is 11.2. The van der Waals surface area contributed by atoms with Gasteiger partial charge in [-0.1, -0.05) is 23.8 Å². The molecule has 3 rings (SSSR count). The molecule has 0 unspecified atom stereocenters. The Labute approximate surface area is 192 Å². The Bertz CT molecular complexity index is 1160. The van der Waals surface area contributed by atoms with Gasteiger partial charge in [-0.3, -0.25) is 9.59 Å². The molecular weight excluding hydrogens is 446 g/mol. The van der Waals surface area contributed by atoms with E-state index in [1.54, 1.807) is 23.5 Å². The van der Waals surface area contributed by atoms with E-state index in [0.29, 0.717) is 24.2 Å². The Morgan fingerprint density at radius 3 is 2.31 bits per heavy atom. The van der Waals surface area contributed by atoms with Gasteiger partial charge in [-0.05, 0) is 61.2 Å². The zero-order valence-electron chi connectivity index (χ0n) is 17.9. The predicted molar refractivity (Wildman–Crippen MR) is 126 cm³/mol. The number of hydrogen-bond acceptors (Lipinski definition) is 5. The lowest BCUT2D eigenvalue weighted by Gasteiger charge is -2.17. The summed E-state index contributed by atoms with van der Waals surface area (Å²) in [4.78, 5) is 27.3. The summed E-state index contributed by atoms with van der Waals surface area (Å²) in [6, 6.07) is 16.9. The smallest absolute Gasteiger partial charge is 0.254 e. The lowest BCUT2D eigenvalue weighted by atomic mass is 10.2. The second-order valence-electron chi connectivity index (χ2n) is 7.33. The van der Waals surface area contributed by atoms with Gasteiger partial charge < -0.3 is 10.2 Å². The van der Waals surface area contributed by atoms with Crippen LogP contribution < -0.4 is 10.0 Å². The van der Waals surface area contributed by atoms with E-state index in [2.05, 4.69) is 10.0 Å². The Morgan fingerprint density at radius 1 is 1.00 bits per heavy atom. The summed E-state index contributed by atoms with van der Waals surface area (Å²) in [5, 5.41) is 4.69. The highest BCUT2D eigenvalue weighted by atomic mass is 32.2. The van der Waals surface area contributed by atoms with Crippen molar-refractivity contribution in [2.24, 2.45) is 0 Å². The number of carbonyl (C=O) groups is 2. The lowest BCUT2D eigenvalue weighted by Crippen LogP contribution is -2.35. The fraction of sp³-hybridized carbons (Fsp3) is 0.217. The number of sulfonamides is 1. The van der Waals surface area contributed by atoms with Crippen molar-refractivity contribution in [1.82, 2.24) is 9.62 Å². The molecule has 1 aromatic heterocycles. The van der Waals surface area contributed by atoms with E-state index >= 15 is 0 Å². The number of benzene rings is 2. The quantitative estimate of drug-likeness (QED) is 0.501. The molecule has 32 heavy (non-hydrogen) atoms. The van der Waals surface area contributed by atoms with Crippen molar-refractivity contribution in [2.45, 2.75) is 18.2 Å². The maximum absolute atomic E-state index is 12.6.